The minimum Gasteiger partial charge on any atom is -0.343 e. The number of carbonyl (C=O) groups is 1. The van der Waals surface area contributed by atoms with Gasteiger partial charge in [0, 0.05) is 10.9 Å². The summed E-state index contributed by atoms with van der Waals surface area (Å²) in [5, 5.41) is 8.42. The van der Waals surface area contributed by atoms with E-state index < -0.39 is 0 Å². The molecule has 20 heavy (non-hydrogen) atoms. The van der Waals surface area contributed by atoms with Crippen LogP contribution in [-0.4, -0.2) is 18.5 Å². The lowest BCUT2D eigenvalue weighted by molar-refractivity contribution is -0.120. The molecule has 1 fully saturated rings. The van der Waals surface area contributed by atoms with Crippen LogP contribution in [0.25, 0.3) is 0 Å². The van der Waals surface area contributed by atoms with Gasteiger partial charge in [0.15, 0.2) is 0 Å². The van der Waals surface area contributed by atoms with E-state index in [1.807, 2.05) is 29.6 Å². The molecule has 2 aromatic rings. The van der Waals surface area contributed by atoms with E-state index >= 15 is 0 Å². The minimum atomic E-state index is -0.0512. The molecule has 3 rings (SSSR count). The van der Waals surface area contributed by atoms with Crippen molar-refractivity contribution in [3.8, 4) is 0 Å². The van der Waals surface area contributed by atoms with E-state index in [4.69, 9.17) is 0 Å². The smallest absolute Gasteiger partial charge is 0.234 e. The normalized spacial score (nSPS) is 15.8. The monoisotopic (exact) mass is 286 g/mol. The van der Waals surface area contributed by atoms with Gasteiger partial charge in [-0.05, 0) is 29.9 Å². The lowest BCUT2D eigenvalue weighted by atomic mass is 10.1. The van der Waals surface area contributed by atoms with E-state index in [1.165, 1.54) is 12.8 Å². The summed E-state index contributed by atoms with van der Waals surface area (Å²) < 4.78 is 0. The molecule has 0 bridgehead atoms. The van der Waals surface area contributed by atoms with E-state index in [0.29, 0.717) is 12.6 Å². The lowest BCUT2D eigenvalue weighted by Crippen LogP contribution is -2.37. The largest absolute Gasteiger partial charge is 0.343 e. The molecule has 1 amide bonds. The van der Waals surface area contributed by atoms with Gasteiger partial charge in [0.1, 0.15) is 0 Å². The average Bonchev–Trinajstić information content (AvgIpc) is 3.16. The highest BCUT2D eigenvalue weighted by atomic mass is 32.1. The van der Waals surface area contributed by atoms with Crippen LogP contribution in [0.4, 0.5) is 0 Å². The molecule has 0 spiro atoms. The standard InChI is InChI=1S/C16H18N2OS/c19-15(11-17-13-8-9-13)18-16(14-7-4-10-20-14)12-5-2-1-3-6-12/h1-7,10,13,16-17H,8-9,11H2,(H,18,19). The van der Waals surface area contributed by atoms with Crippen molar-refractivity contribution in [2.24, 2.45) is 0 Å². The molecule has 104 valence electrons. The van der Waals surface area contributed by atoms with Gasteiger partial charge in [0.2, 0.25) is 5.91 Å². The van der Waals surface area contributed by atoms with Gasteiger partial charge in [-0.3, -0.25) is 4.79 Å². The van der Waals surface area contributed by atoms with Crippen molar-refractivity contribution in [1.29, 1.82) is 0 Å². The quantitative estimate of drug-likeness (QED) is 0.857. The first-order valence-corrected chi connectivity index (χ1v) is 7.82. The first-order valence-electron chi connectivity index (χ1n) is 6.94. The Morgan fingerprint density at radius 1 is 1.20 bits per heavy atom. The third-order valence-corrected chi connectivity index (χ3v) is 4.33. The van der Waals surface area contributed by atoms with Crippen molar-refractivity contribution in [2.75, 3.05) is 6.54 Å². The average molecular weight is 286 g/mol. The highest BCUT2D eigenvalue weighted by Gasteiger charge is 2.22. The van der Waals surface area contributed by atoms with Gasteiger partial charge in [0.05, 0.1) is 12.6 Å². The van der Waals surface area contributed by atoms with E-state index in [-0.39, 0.29) is 11.9 Å². The molecule has 0 aliphatic heterocycles. The number of thiophene rings is 1. The van der Waals surface area contributed by atoms with Crippen LogP contribution >= 0.6 is 11.3 Å². The molecule has 1 heterocycles. The van der Waals surface area contributed by atoms with Crippen LogP contribution in [0.15, 0.2) is 47.8 Å². The van der Waals surface area contributed by atoms with Gasteiger partial charge >= 0.3 is 0 Å². The predicted octanol–water partition coefficient (Wildman–Crippen LogP) is 2.71. The molecule has 4 heteroatoms. The number of amides is 1. The second kappa shape index (κ2) is 6.20. The Morgan fingerprint density at radius 2 is 2.00 bits per heavy atom. The molecule has 2 N–H and O–H groups in total. The van der Waals surface area contributed by atoms with Crippen molar-refractivity contribution in [3.63, 3.8) is 0 Å². The molecule has 1 atom stereocenters. The summed E-state index contributed by atoms with van der Waals surface area (Å²) >= 11 is 1.67. The molecule has 1 aromatic heterocycles. The molecule has 1 saturated carbocycles. The van der Waals surface area contributed by atoms with Crippen LogP contribution in [0.5, 0.6) is 0 Å². The summed E-state index contributed by atoms with van der Waals surface area (Å²) in [5.74, 6) is 0.0548. The maximum absolute atomic E-state index is 12.1. The first-order chi connectivity index (χ1) is 9.83. The van der Waals surface area contributed by atoms with Crippen LogP contribution in [0.1, 0.15) is 29.3 Å². The zero-order valence-electron chi connectivity index (χ0n) is 11.2. The zero-order valence-corrected chi connectivity index (χ0v) is 12.0. The first kappa shape index (κ1) is 13.3. The van der Waals surface area contributed by atoms with Crippen LogP contribution in [0, 0.1) is 0 Å². The number of benzene rings is 1. The van der Waals surface area contributed by atoms with Crippen LogP contribution < -0.4 is 10.6 Å². The van der Waals surface area contributed by atoms with Gasteiger partial charge in [-0.25, -0.2) is 0 Å². The Hall–Kier alpha value is -1.65. The molecular formula is C16H18N2OS. The van der Waals surface area contributed by atoms with Gasteiger partial charge in [-0.1, -0.05) is 36.4 Å². The summed E-state index contributed by atoms with van der Waals surface area (Å²) in [7, 11) is 0. The lowest BCUT2D eigenvalue weighted by Gasteiger charge is -2.18. The van der Waals surface area contributed by atoms with E-state index in [1.54, 1.807) is 11.3 Å². The number of nitrogens with one attached hydrogen (secondary N) is 2. The molecule has 1 aromatic carbocycles. The van der Waals surface area contributed by atoms with E-state index in [9.17, 15) is 4.79 Å². The Morgan fingerprint density at radius 3 is 2.65 bits per heavy atom. The fourth-order valence-electron chi connectivity index (χ4n) is 2.16. The predicted molar refractivity (Wildman–Crippen MR) is 81.8 cm³/mol. The van der Waals surface area contributed by atoms with Gasteiger partial charge < -0.3 is 10.6 Å². The van der Waals surface area contributed by atoms with Crippen molar-refractivity contribution in [3.05, 3.63) is 58.3 Å². The summed E-state index contributed by atoms with van der Waals surface area (Å²) in [5.41, 5.74) is 1.12. The molecule has 1 unspecified atom stereocenters. The van der Waals surface area contributed by atoms with Gasteiger partial charge in [0.25, 0.3) is 0 Å². The third-order valence-electron chi connectivity index (χ3n) is 3.39. The Balaban J connectivity index is 1.70. The maximum atomic E-state index is 12.1. The molecule has 1 aliphatic rings. The second-order valence-corrected chi connectivity index (χ2v) is 6.06. The van der Waals surface area contributed by atoms with Gasteiger partial charge in [-0.15, -0.1) is 11.3 Å². The highest BCUT2D eigenvalue weighted by Crippen LogP contribution is 2.25. The Labute approximate surface area is 123 Å². The fourth-order valence-corrected chi connectivity index (χ4v) is 2.96. The molecule has 3 nitrogen and oxygen atoms in total. The highest BCUT2D eigenvalue weighted by molar-refractivity contribution is 7.10. The second-order valence-electron chi connectivity index (χ2n) is 5.08. The number of rotatable bonds is 6. The van der Waals surface area contributed by atoms with Crippen LogP contribution in [0.2, 0.25) is 0 Å². The summed E-state index contributed by atoms with van der Waals surface area (Å²) in [6, 6.07) is 14.7. The number of hydrogen-bond donors (Lipinski definition) is 2. The van der Waals surface area contributed by atoms with Crippen molar-refractivity contribution < 1.29 is 4.79 Å². The molecular weight excluding hydrogens is 268 g/mol. The number of carbonyl (C=O) groups excluding carboxylic acids is 1. The topological polar surface area (TPSA) is 41.1 Å². The van der Waals surface area contributed by atoms with Crippen molar-refractivity contribution in [2.45, 2.75) is 24.9 Å². The van der Waals surface area contributed by atoms with E-state index in [2.05, 4.69) is 28.8 Å². The number of hydrogen-bond acceptors (Lipinski definition) is 3. The summed E-state index contributed by atoms with van der Waals surface area (Å²) in [6.07, 6.45) is 2.39. The van der Waals surface area contributed by atoms with E-state index in [0.717, 1.165) is 10.4 Å². The Kier molecular flexibility index (Phi) is 4.14. The molecule has 0 radical (unpaired) electrons. The summed E-state index contributed by atoms with van der Waals surface area (Å²) in [4.78, 5) is 13.2. The maximum Gasteiger partial charge on any atom is 0.234 e. The molecule has 0 saturated heterocycles. The molecule has 1 aliphatic carbocycles. The minimum absolute atomic E-state index is 0.0512. The van der Waals surface area contributed by atoms with Gasteiger partial charge in [-0.2, -0.15) is 0 Å². The van der Waals surface area contributed by atoms with Crippen molar-refractivity contribution >= 4 is 17.2 Å². The SMILES string of the molecule is O=C(CNC1CC1)NC(c1ccccc1)c1cccs1. The summed E-state index contributed by atoms with van der Waals surface area (Å²) in [6.45, 7) is 0.402. The zero-order chi connectivity index (χ0) is 13.8. The van der Waals surface area contributed by atoms with Crippen LogP contribution in [-0.2, 0) is 4.79 Å². The fraction of sp³-hybridized carbons (Fsp3) is 0.312. The van der Waals surface area contributed by atoms with Crippen LogP contribution in [0.3, 0.4) is 0 Å². The Bertz CT molecular complexity index is 549. The third kappa shape index (κ3) is 3.46. The van der Waals surface area contributed by atoms with Crippen molar-refractivity contribution in [1.82, 2.24) is 10.6 Å².